The molecule has 0 aromatic rings. The number of hydrogen-bond acceptors (Lipinski definition) is 0. The summed E-state index contributed by atoms with van der Waals surface area (Å²) in [6.07, 6.45) is 0. The monoisotopic (exact) mass is 254 g/mol. The van der Waals surface area contributed by atoms with Crippen LogP contribution in [0.15, 0.2) is 0 Å². The summed E-state index contributed by atoms with van der Waals surface area (Å²) >= 11 is 0. The fraction of sp³-hybridized carbons (Fsp3) is 0. The van der Waals surface area contributed by atoms with Gasteiger partial charge in [0.1, 0.15) is 0 Å². The van der Waals surface area contributed by atoms with E-state index < -0.39 is 0 Å². The summed E-state index contributed by atoms with van der Waals surface area (Å²) in [6, 6.07) is 0. The molecule has 0 radical (unpaired) electrons. The van der Waals surface area contributed by atoms with Gasteiger partial charge in [-0.1, -0.05) is 0 Å². The van der Waals surface area contributed by atoms with Gasteiger partial charge in [0.2, 0.25) is 0 Å². The van der Waals surface area contributed by atoms with Crippen LogP contribution in [0.25, 0.3) is 0 Å². The Morgan fingerprint density at radius 2 is 0.571 bits per heavy atom. The van der Waals surface area contributed by atoms with Gasteiger partial charge >= 0.3 is 23.1 Å². The van der Waals surface area contributed by atoms with Crippen LogP contribution in [-0.2, 0) is 21.7 Å². The van der Waals surface area contributed by atoms with Crippen molar-refractivity contribution in [2.24, 2.45) is 0 Å². The Labute approximate surface area is 108 Å². The second-order valence-electron chi connectivity index (χ2n) is 0. The Morgan fingerprint density at radius 3 is 0.571 bits per heavy atom. The van der Waals surface area contributed by atoms with Gasteiger partial charge in [-0.05, 0) is 0 Å². The van der Waals surface area contributed by atoms with Crippen molar-refractivity contribution in [3.05, 3.63) is 0 Å². The van der Waals surface area contributed by atoms with Crippen molar-refractivity contribution in [1.29, 1.82) is 0 Å². The maximum atomic E-state index is 0. The largest absolute Gasteiger partial charge is 2.00 e. The van der Waals surface area contributed by atoms with Crippen LogP contribution in [0.1, 0.15) is 2.85 Å². The summed E-state index contributed by atoms with van der Waals surface area (Å²) < 4.78 is 0. The summed E-state index contributed by atoms with van der Waals surface area (Å²) in [5.74, 6) is 0. The van der Waals surface area contributed by atoms with E-state index in [1.54, 1.807) is 0 Å². The maximum absolute atomic E-state index is 0. The van der Waals surface area contributed by atoms with E-state index in [2.05, 4.69) is 0 Å². The summed E-state index contributed by atoms with van der Waals surface area (Å²) in [6.45, 7) is 0. The first-order valence-electron chi connectivity index (χ1n) is 0. The van der Waals surface area contributed by atoms with E-state index in [0.717, 1.165) is 0 Å². The average molecular weight is 256 g/mol. The molecule has 0 fully saturated rings. The minimum atomic E-state index is 0. The molecule has 0 aromatic carbocycles. The fourth-order valence-electron chi connectivity index (χ4n) is 0. The van der Waals surface area contributed by atoms with Crippen molar-refractivity contribution in [2.45, 2.75) is 0 Å². The van der Waals surface area contributed by atoms with Crippen molar-refractivity contribution in [3.63, 3.8) is 0 Å². The number of halogens is 5. The molecule has 0 aliphatic heterocycles. The van der Waals surface area contributed by atoms with Gasteiger partial charge in [0.15, 0.2) is 0 Å². The molecule has 0 aliphatic carbocycles. The molecule has 0 unspecified atom stereocenters. The smallest absolute Gasteiger partial charge is 1.00 e. The van der Waals surface area contributed by atoms with Gasteiger partial charge < -0.3 is 2.85 Å². The first kappa shape index (κ1) is 92.2. The van der Waals surface area contributed by atoms with Gasteiger partial charge in [0.25, 0.3) is 0 Å². The Kier molecular flexibility index (Phi) is 862. The van der Waals surface area contributed by atoms with E-state index in [1.165, 1.54) is 0 Å². The summed E-state index contributed by atoms with van der Waals surface area (Å²) in [5, 5.41) is 0. The molecule has 0 saturated heterocycles. The predicted molar refractivity (Wildman–Crippen MR) is 44.2 cm³/mol. The van der Waals surface area contributed by atoms with E-state index in [4.69, 9.17) is 0 Å². The van der Waals surface area contributed by atoms with Crippen LogP contribution in [0.4, 0.5) is 0 Å². The fourth-order valence-corrected chi connectivity index (χ4v) is 0. The molecule has 0 saturated carbocycles. The number of hydrogen-bond donors (Lipinski definition) is 0. The summed E-state index contributed by atoms with van der Waals surface area (Å²) in [4.78, 5) is 0. The molecule has 0 amide bonds. The van der Waals surface area contributed by atoms with Gasteiger partial charge in [-0.2, -0.15) is 0 Å². The topological polar surface area (TPSA) is 0 Å². The Morgan fingerprint density at radius 1 is 0.571 bits per heavy atom. The van der Waals surface area contributed by atoms with Gasteiger partial charge in [0.05, 0.1) is 0 Å². The minimum absolute atomic E-state index is 0. The first-order valence-corrected chi connectivity index (χ1v) is 0. The standard InChI is InChI=1S/5ClH.Mg.Ti.2H/h5*1H;;;;/q;;;;;+2;;2*-1. The van der Waals surface area contributed by atoms with E-state index in [-0.39, 0.29) is 110 Å². The van der Waals surface area contributed by atoms with Crippen LogP contribution in [-0.4, -0.2) is 23.1 Å². The molecule has 0 N–H and O–H groups in total. The molecule has 7 heavy (non-hydrogen) atoms. The van der Waals surface area contributed by atoms with Gasteiger partial charge in [-0.25, -0.2) is 0 Å². The molecule has 0 atom stereocenters. The minimum Gasteiger partial charge on any atom is -1.00 e. The Hall–Kier alpha value is 2.93. The van der Waals surface area contributed by atoms with Crippen molar-refractivity contribution in [1.82, 2.24) is 0 Å². The second kappa shape index (κ2) is 65.4. The third-order valence-corrected chi connectivity index (χ3v) is 0. The summed E-state index contributed by atoms with van der Waals surface area (Å²) in [7, 11) is 0. The first-order chi connectivity index (χ1) is 0. The maximum Gasteiger partial charge on any atom is 2.00 e. The predicted octanol–water partition coefficient (Wildman–Crippen LogP) is 1.95. The van der Waals surface area contributed by atoms with Crippen LogP contribution in [0.3, 0.4) is 0 Å². The molecule has 0 heterocycles. The van der Waals surface area contributed by atoms with Crippen molar-refractivity contribution in [2.75, 3.05) is 0 Å². The van der Waals surface area contributed by atoms with Gasteiger partial charge in [0, 0.05) is 21.7 Å². The average Bonchev–Trinajstić information content (AvgIpc) is 0. The molecule has 7 heteroatoms. The molecule has 0 bridgehead atoms. The van der Waals surface area contributed by atoms with Crippen LogP contribution < -0.4 is 0 Å². The van der Waals surface area contributed by atoms with Crippen molar-refractivity contribution in [3.8, 4) is 0 Å². The number of rotatable bonds is 0. The second-order valence-corrected chi connectivity index (χ2v) is 0. The quantitative estimate of drug-likeness (QED) is 0.581. The van der Waals surface area contributed by atoms with Crippen LogP contribution in [0.2, 0.25) is 0 Å². The third kappa shape index (κ3) is 49.9. The van der Waals surface area contributed by atoms with Crippen molar-refractivity contribution >= 4 is 85.1 Å². The van der Waals surface area contributed by atoms with E-state index in [9.17, 15) is 0 Å². The van der Waals surface area contributed by atoms with Crippen LogP contribution in [0, 0.1) is 0 Å². The molecule has 0 aliphatic rings. The molecular formula is H7Cl5MgTi. The molecule has 0 rings (SSSR count). The molecular weight excluding hydrogens is 249 g/mol. The van der Waals surface area contributed by atoms with E-state index in [0.29, 0.717) is 0 Å². The normalized spacial score (nSPS) is 0. The van der Waals surface area contributed by atoms with Gasteiger partial charge in [-0.3, -0.25) is 0 Å². The summed E-state index contributed by atoms with van der Waals surface area (Å²) in [5.41, 5.74) is 0. The van der Waals surface area contributed by atoms with Crippen molar-refractivity contribution < 1.29 is 24.6 Å². The van der Waals surface area contributed by atoms with Crippen LogP contribution >= 0.6 is 62.0 Å². The molecule has 0 nitrogen and oxygen atoms in total. The SMILES string of the molecule is Cl.Cl.Cl.Cl.Cl.[H-].[H-].[Mg+2].[Ti]. The van der Waals surface area contributed by atoms with E-state index in [1.807, 2.05) is 0 Å². The Balaban J connectivity index is 0. The molecule has 0 spiro atoms. The zero-order chi connectivity index (χ0) is 0. The van der Waals surface area contributed by atoms with Gasteiger partial charge in [-0.15, -0.1) is 62.0 Å². The molecule has 48 valence electrons. The zero-order valence-electron chi connectivity index (χ0n) is 5.25. The van der Waals surface area contributed by atoms with Crippen LogP contribution in [0.5, 0.6) is 0 Å². The third-order valence-electron chi connectivity index (χ3n) is 0. The molecule has 0 aromatic heterocycles. The zero-order valence-corrected chi connectivity index (χ0v) is 10.3. The Bertz CT molecular complexity index is 14.9. The van der Waals surface area contributed by atoms with E-state index >= 15 is 0 Å².